The zero-order valence-electron chi connectivity index (χ0n) is 11.6. The van der Waals surface area contributed by atoms with Crippen LogP contribution in [0.3, 0.4) is 0 Å². The van der Waals surface area contributed by atoms with E-state index in [9.17, 15) is 4.79 Å². The molecule has 2 fully saturated rings. The number of carbonyl (C=O) groups excluding carboxylic acids is 1. The Morgan fingerprint density at radius 3 is 2.89 bits per heavy atom. The molecule has 3 rings (SSSR count). The van der Waals surface area contributed by atoms with E-state index in [0.29, 0.717) is 12.6 Å². The van der Waals surface area contributed by atoms with Crippen LogP contribution < -0.4 is 0 Å². The van der Waals surface area contributed by atoms with Crippen molar-refractivity contribution in [3.63, 3.8) is 0 Å². The fraction of sp³-hybridized carbons (Fsp3) is 0.714. The number of cyclic esters (lactones) is 1. The van der Waals surface area contributed by atoms with Crippen LogP contribution in [0.2, 0.25) is 0 Å². The summed E-state index contributed by atoms with van der Waals surface area (Å²) in [6, 6.07) is 2.49. The zero-order chi connectivity index (χ0) is 13.4. The lowest BCUT2D eigenvalue weighted by Gasteiger charge is -2.28. The summed E-state index contributed by atoms with van der Waals surface area (Å²) in [6.45, 7) is 6.56. The average Bonchev–Trinajstić information content (AvgIpc) is 3.02. The lowest BCUT2D eigenvalue weighted by atomic mass is 10.1. The highest BCUT2D eigenvalue weighted by Gasteiger charge is 2.38. The monoisotopic (exact) mass is 263 g/mol. The number of ether oxygens (including phenoxy) is 1. The number of hydrogen-bond donors (Lipinski definition) is 0. The molecule has 2 aliphatic rings. The van der Waals surface area contributed by atoms with Gasteiger partial charge in [0.1, 0.15) is 6.04 Å². The van der Waals surface area contributed by atoms with E-state index >= 15 is 0 Å². The van der Waals surface area contributed by atoms with Crippen LogP contribution in [-0.2, 0) is 16.1 Å². The lowest BCUT2D eigenvalue weighted by molar-refractivity contribution is -0.142. The van der Waals surface area contributed by atoms with E-state index in [-0.39, 0.29) is 12.0 Å². The van der Waals surface area contributed by atoms with Crippen molar-refractivity contribution in [3.05, 3.63) is 17.5 Å². The molecule has 19 heavy (non-hydrogen) atoms. The highest BCUT2D eigenvalue weighted by atomic mass is 16.5. The van der Waals surface area contributed by atoms with Crippen LogP contribution in [0.4, 0.5) is 0 Å². The summed E-state index contributed by atoms with van der Waals surface area (Å²) < 4.78 is 7.17. The van der Waals surface area contributed by atoms with E-state index < -0.39 is 0 Å². The number of nitrogens with zero attached hydrogens (tertiary/aromatic N) is 3. The molecule has 2 atom stereocenters. The number of carbonyl (C=O) groups is 1. The number of likely N-dealkylation sites (tertiary alicyclic amines) is 1. The van der Waals surface area contributed by atoms with Crippen molar-refractivity contribution in [1.29, 1.82) is 0 Å². The van der Waals surface area contributed by atoms with Crippen molar-refractivity contribution in [2.45, 2.75) is 51.7 Å². The summed E-state index contributed by atoms with van der Waals surface area (Å²) >= 11 is 0. The summed E-state index contributed by atoms with van der Waals surface area (Å²) in [7, 11) is 0. The maximum Gasteiger partial charge on any atom is 0.323 e. The Kier molecular flexibility index (Phi) is 3.31. The van der Waals surface area contributed by atoms with Gasteiger partial charge in [-0.15, -0.1) is 0 Å². The van der Waals surface area contributed by atoms with Gasteiger partial charge in [0.15, 0.2) is 0 Å². The zero-order valence-corrected chi connectivity index (χ0v) is 11.6. The molecule has 0 aliphatic carbocycles. The van der Waals surface area contributed by atoms with Gasteiger partial charge >= 0.3 is 5.97 Å². The molecule has 0 aromatic carbocycles. The van der Waals surface area contributed by atoms with Crippen LogP contribution in [0, 0.1) is 13.8 Å². The van der Waals surface area contributed by atoms with E-state index in [1.807, 2.05) is 6.92 Å². The van der Waals surface area contributed by atoms with E-state index in [2.05, 4.69) is 27.7 Å². The molecule has 0 spiro atoms. The number of esters is 1. The highest BCUT2D eigenvalue weighted by Crippen LogP contribution is 2.26. The van der Waals surface area contributed by atoms with Gasteiger partial charge in [-0.1, -0.05) is 0 Å². The van der Waals surface area contributed by atoms with Crippen molar-refractivity contribution in [2.75, 3.05) is 13.2 Å². The predicted molar refractivity (Wildman–Crippen MR) is 70.8 cm³/mol. The Morgan fingerprint density at radius 1 is 1.42 bits per heavy atom. The second-order valence-corrected chi connectivity index (χ2v) is 5.62. The SMILES string of the molecule is Cc1cc(C)n(CC2CCCN2C2CCOC2=O)n1. The third-order valence-electron chi connectivity index (χ3n) is 4.22. The normalized spacial score (nSPS) is 28.0. The topological polar surface area (TPSA) is 47.4 Å². The third kappa shape index (κ3) is 2.39. The first-order valence-corrected chi connectivity index (χ1v) is 7.08. The van der Waals surface area contributed by atoms with Crippen LogP contribution in [-0.4, -0.2) is 45.9 Å². The summed E-state index contributed by atoms with van der Waals surface area (Å²) in [5.41, 5.74) is 2.25. The molecule has 3 heterocycles. The van der Waals surface area contributed by atoms with Crippen LogP contribution in [0.15, 0.2) is 6.07 Å². The smallest absolute Gasteiger partial charge is 0.323 e. The van der Waals surface area contributed by atoms with Gasteiger partial charge in [-0.25, -0.2) is 0 Å². The van der Waals surface area contributed by atoms with Crippen molar-refractivity contribution in [1.82, 2.24) is 14.7 Å². The van der Waals surface area contributed by atoms with Crippen molar-refractivity contribution in [2.24, 2.45) is 0 Å². The first-order chi connectivity index (χ1) is 9.15. The second kappa shape index (κ2) is 4.96. The van der Waals surface area contributed by atoms with E-state index in [4.69, 9.17) is 4.74 Å². The highest BCUT2D eigenvalue weighted by molar-refractivity contribution is 5.77. The van der Waals surface area contributed by atoms with Crippen LogP contribution in [0.1, 0.15) is 30.7 Å². The van der Waals surface area contributed by atoms with Crippen molar-refractivity contribution < 1.29 is 9.53 Å². The Hall–Kier alpha value is -1.36. The Balaban J connectivity index is 1.73. The molecule has 2 unspecified atom stereocenters. The number of hydrogen-bond acceptors (Lipinski definition) is 4. The third-order valence-corrected chi connectivity index (χ3v) is 4.22. The molecule has 0 N–H and O–H groups in total. The van der Waals surface area contributed by atoms with Gasteiger partial charge in [0.25, 0.3) is 0 Å². The molecule has 0 saturated carbocycles. The summed E-state index contributed by atoms with van der Waals surface area (Å²) in [6.07, 6.45) is 3.14. The standard InChI is InChI=1S/C14H21N3O2/c1-10-8-11(2)17(15-10)9-12-4-3-6-16(12)13-5-7-19-14(13)18/h8,12-13H,3-7,9H2,1-2H3. The Labute approximate surface area is 113 Å². The van der Waals surface area contributed by atoms with Crippen LogP contribution >= 0.6 is 0 Å². The fourth-order valence-electron chi connectivity index (χ4n) is 3.31. The molecule has 104 valence electrons. The largest absolute Gasteiger partial charge is 0.464 e. The molecule has 0 radical (unpaired) electrons. The molecule has 5 heteroatoms. The minimum atomic E-state index is -0.0414. The first kappa shape index (κ1) is 12.7. The molecule has 0 bridgehead atoms. The van der Waals surface area contributed by atoms with Gasteiger partial charge in [-0.3, -0.25) is 14.4 Å². The maximum absolute atomic E-state index is 11.7. The summed E-state index contributed by atoms with van der Waals surface area (Å²) in [4.78, 5) is 14.1. The van der Waals surface area contributed by atoms with E-state index in [0.717, 1.165) is 38.0 Å². The van der Waals surface area contributed by atoms with Crippen LogP contribution in [0.25, 0.3) is 0 Å². The molecule has 1 aromatic rings. The van der Waals surface area contributed by atoms with Gasteiger partial charge < -0.3 is 4.74 Å². The summed E-state index contributed by atoms with van der Waals surface area (Å²) in [5.74, 6) is -0.0414. The van der Waals surface area contributed by atoms with E-state index in [1.165, 1.54) is 5.69 Å². The average molecular weight is 263 g/mol. The summed E-state index contributed by atoms with van der Waals surface area (Å²) in [5, 5.41) is 4.53. The second-order valence-electron chi connectivity index (χ2n) is 5.62. The molecule has 5 nitrogen and oxygen atoms in total. The minimum absolute atomic E-state index is 0.0236. The fourth-order valence-corrected chi connectivity index (χ4v) is 3.31. The quantitative estimate of drug-likeness (QED) is 0.771. The maximum atomic E-state index is 11.7. The molecular weight excluding hydrogens is 242 g/mol. The van der Waals surface area contributed by atoms with Gasteiger partial charge in [-0.05, 0) is 39.3 Å². The predicted octanol–water partition coefficient (Wildman–Crippen LogP) is 1.28. The van der Waals surface area contributed by atoms with Crippen molar-refractivity contribution >= 4 is 5.97 Å². The number of rotatable bonds is 3. The van der Waals surface area contributed by atoms with Crippen molar-refractivity contribution in [3.8, 4) is 0 Å². The molecular formula is C14H21N3O2. The Morgan fingerprint density at radius 2 is 2.26 bits per heavy atom. The molecule has 0 amide bonds. The molecule has 2 aliphatic heterocycles. The number of aromatic nitrogens is 2. The molecule has 2 saturated heterocycles. The number of aryl methyl sites for hydroxylation is 2. The lowest BCUT2D eigenvalue weighted by Crippen LogP contribution is -2.43. The van der Waals surface area contributed by atoms with Crippen LogP contribution in [0.5, 0.6) is 0 Å². The van der Waals surface area contributed by atoms with Gasteiger partial charge in [0.2, 0.25) is 0 Å². The first-order valence-electron chi connectivity index (χ1n) is 7.08. The molecule has 1 aromatic heterocycles. The minimum Gasteiger partial charge on any atom is -0.464 e. The van der Waals surface area contributed by atoms with Gasteiger partial charge in [-0.2, -0.15) is 5.10 Å². The van der Waals surface area contributed by atoms with Gasteiger partial charge in [0.05, 0.1) is 18.8 Å². The van der Waals surface area contributed by atoms with Gasteiger partial charge in [0, 0.05) is 18.2 Å². The Bertz CT molecular complexity index is 483. The van der Waals surface area contributed by atoms with E-state index in [1.54, 1.807) is 0 Å².